The van der Waals surface area contributed by atoms with Crippen LogP contribution in [0.25, 0.3) is 11.1 Å². The first-order valence-corrected chi connectivity index (χ1v) is 11.8. The second-order valence-corrected chi connectivity index (χ2v) is 8.86. The molecule has 1 saturated heterocycles. The van der Waals surface area contributed by atoms with Crippen LogP contribution < -0.4 is 16.2 Å². The largest absolute Gasteiger partial charge is 0.496 e. The maximum atomic E-state index is 13.9. The molecule has 4 N–H and O–H groups in total. The Hall–Kier alpha value is -4.41. The van der Waals surface area contributed by atoms with Gasteiger partial charge in [0.15, 0.2) is 5.96 Å². The van der Waals surface area contributed by atoms with E-state index in [1.807, 2.05) is 6.07 Å². The molecule has 0 spiro atoms. The molecule has 2 aromatic carbocycles. The molecule has 4 rings (SSSR count). The van der Waals surface area contributed by atoms with E-state index < -0.39 is 29.5 Å². The molecule has 8 nitrogen and oxygen atoms in total. The topological polar surface area (TPSA) is 124 Å². The molecule has 198 valence electrons. The van der Waals surface area contributed by atoms with E-state index in [1.54, 1.807) is 41.6 Å². The van der Waals surface area contributed by atoms with E-state index in [4.69, 9.17) is 16.2 Å². The fourth-order valence-corrected chi connectivity index (χ4v) is 4.63. The molecule has 38 heavy (non-hydrogen) atoms. The van der Waals surface area contributed by atoms with Crippen molar-refractivity contribution in [3.05, 3.63) is 83.2 Å². The van der Waals surface area contributed by atoms with Crippen molar-refractivity contribution in [3.8, 4) is 16.9 Å². The Labute approximate surface area is 217 Å². The molecule has 0 unspecified atom stereocenters. The van der Waals surface area contributed by atoms with Gasteiger partial charge in [0.1, 0.15) is 5.75 Å². The number of aromatic nitrogens is 1. The Morgan fingerprint density at radius 1 is 1.05 bits per heavy atom. The van der Waals surface area contributed by atoms with Gasteiger partial charge >= 0.3 is 6.18 Å². The van der Waals surface area contributed by atoms with Gasteiger partial charge in [-0.2, -0.15) is 18.2 Å². The highest BCUT2D eigenvalue weighted by molar-refractivity contribution is 6.02. The Morgan fingerprint density at radius 2 is 1.76 bits per heavy atom. The maximum absolute atomic E-state index is 13.9. The van der Waals surface area contributed by atoms with Gasteiger partial charge in [0.25, 0.3) is 11.8 Å². The third-order valence-electron chi connectivity index (χ3n) is 6.48. The fourth-order valence-electron chi connectivity index (χ4n) is 4.63. The number of rotatable bonds is 5. The zero-order chi connectivity index (χ0) is 27.4. The number of piperidine rings is 1. The van der Waals surface area contributed by atoms with Crippen LogP contribution in [0.15, 0.2) is 65.9 Å². The summed E-state index contributed by atoms with van der Waals surface area (Å²) in [5.41, 5.74) is 11.3. The Balaban J connectivity index is 1.51. The number of aliphatic imine (C=N–C) groups is 1. The number of carbonyl (C=O) groups is 2. The lowest BCUT2D eigenvalue weighted by Gasteiger charge is -2.33. The molecule has 1 aromatic heterocycles. The highest BCUT2D eigenvalue weighted by atomic mass is 19.4. The molecular formula is C27H26F3N5O3. The van der Waals surface area contributed by atoms with Crippen molar-refractivity contribution in [1.29, 1.82) is 0 Å². The maximum Gasteiger partial charge on any atom is 0.416 e. The molecule has 0 radical (unpaired) electrons. The Morgan fingerprint density at radius 3 is 2.37 bits per heavy atom. The van der Waals surface area contributed by atoms with Gasteiger partial charge in [0.2, 0.25) is 0 Å². The lowest BCUT2D eigenvalue weighted by molar-refractivity contribution is -0.138. The fraction of sp³-hybridized carbons (Fsp3) is 0.259. The van der Waals surface area contributed by atoms with Crippen LogP contribution in [0.1, 0.15) is 50.6 Å². The summed E-state index contributed by atoms with van der Waals surface area (Å²) < 4.78 is 47.2. The number of benzene rings is 2. The predicted molar refractivity (Wildman–Crippen MR) is 136 cm³/mol. The molecule has 0 atom stereocenters. The first kappa shape index (κ1) is 26.6. The molecule has 2 heterocycles. The number of halogens is 3. The summed E-state index contributed by atoms with van der Waals surface area (Å²) in [6.45, 7) is 0.560. The Kier molecular flexibility index (Phi) is 7.65. The number of ether oxygens (including phenoxy) is 1. The number of alkyl halides is 3. The van der Waals surface area contributed by atoms with Crippen molar-refractivity contribution in [1.82, 2.24) is 9.88 Å². The molecule has 2 amide bonds. The Bertz CT molecular complexity index is 1360. The first-order chi connectivity index (χ1) is 18.1. The van der Waals surface area contributed by atoms with Crippen LogP contribution in [0.4, 0.5) is 13.2 Å². The smallest absolute Gasteiger partial charge is 0.416 e. The second kappa shape index (κ2) is 10.9. The molecule has 1 aliphatic heterocycles. The quantitative estimate of drug-likeness (QED) is 0.380. The normalized spacial score (nSPS) is 14.2. The zero-order valence-electron chi connectivity index (χ0n) is 20.5. The van der Waals surface area contributed by atoms with Crippen LogP contribution in [0.2, 0.25) is 0 Å². The zero-order valence-corrected chi connectivity index (χ0v) is 20.5. The minimum atomic E-state index is -4.68. The monoisotopic (exact) mass is 525 g/mol. The van der Waals surface area contributed by atoms with Crippen LogP contribution in [0, 0.1) is 0 Å². The third kappa shape index (κ3) is 5.77. The number of amides is 2. The van der Waals surface area contributed by atoms with E-state index in [0.29, 0.717) is 24.2 Å². The number of methoxy groups -OCH3 is 1. The van der Waals surface area contributed by atoms with E-state index in [9.17, 15) is 22.8 Å². The molecular weight excluding hydrogens is 499 g/mol. The first-order valence-electron chi connectivity index (χ1n) is 11.8. The number of hydrogen-bond acceptors (Lipinski definition) is 4. The summed E-state index contributed by atoms with van der Waals surface area (Å²) in [4.78, 5) is 34.3. The highest BCUT2D eigenvalue weighted by Gasteiger charge is 2.37. The molecule has 1 aliphatic rings. The minimum Gasteiger partial charge on any atom is -0.496 e. The molecule has 1 fully saturated rings. The van der Waals surface area contributed by atoms with Crippen molar-refractivity contribution in [2.75, 3.05) is 20.2 Å². The van der Waals surface area contributed by atoms with Gasteiger partial charge in [-0.3, -0.25) is 14.6 Å². The van der Waals surface area contributed by atoms with E-state index in [0.717, 1.165) is 17.2 Å². The lowest BCUT2D eigenvalue weighted by Crippen LogP contribution is -2.38. The van der Waals surface area contributed by atoms with Crippen molar-refractivity contribution in [2.24, 2.45) is 16.5 Å². The highest BCUT2D eigenvalue weighted by Crippen LogP contribution is 2.40. The summed E-state index contributed by atoms with van der Waals surface area (Å²) >= 11 is 0. The van der Waals surface area contributed by atoms with Crippen molar-refractivity contribution in [3.63, 3.8) is 0 Å². The van der Waals surface area contributed by atoms with Crippen LogP contribution >= 0.6 is 0 Å². The van der Waals surface area contributed by atoms with Crippen molar-refractivity contribution in [2.45, 2.75) is 24.9 Å². The van der Waals surface area contributed by atoms with E-state index in [2.05, 4.69) is 9.98 Å². The average Bonchev–Trinajstić information content (AvgIpc) is 2.91. The standard InChI is InChI=1S/C27H26F3N5O3/c1-38-23-14-18(5-7-21(23)19-3-2-10-33-15-19)25(37)35-11-8-16(9-12-35)20-6-4-17(24(36)34-26(31)32)13-22(20)27(28,29)30/h2-7,10,13-16H,8-9,11-12H2,1H3,(H4,31,32,34,36). The van der Waals surface area contributed by atoms with Gasteiger partial charge in [-0.15, -0.1) is 0 Å². The van der Waals surface area contributed by atoms with Gasteiger partial charge in [-0.25, -0.2) is 0 Å². The predicted octanol–water partition coefficient (Wildman–Crippen LogP) is 4.21. The third-order valence-corrected chi connectivity index (χ3v) is 6.48. The molecule has 0 bridgehead atoms. The summed E-state index contributed by atoms with van der Waals surface area (Å²) in [5.74, 6) is -1.63. The van der Waals surface area contributed by atoms with Crippen molar-refractivity contribution >= 4 is 17.8 Å². The lowest BCUT2D eigenvalue weighted by atomic mass is 9.85. The van der Waals surface area contributed by atoms with Gasteiger partial charge in [-0.05, 0) is 60.7 Å². The minimum absolute atomic E-state index is 0.0772. The summed E-state index contributed by atoms with van der Waals surface area (Å²) in [6.07, 6.45) is -0.649. The average molecular weight is 526 g/mol. The van der Waals surface area contributed by atoms with Crippen LogP contribution in [0.3, 0.4) is 0 Å². The van der Waals surface area contributed by atoms with Gasteiger partial charge in [0, 0.05) is 47.7 Å². The second-order valence-electron chi connectivity index (χ2n) is 8.86. The van der Waals surface area contributed by atoms with E-state index >= 15 is 0 Å². The van der Waals surface area contributed by atoms with Crippen LogP contribution in [-0.2, 0) is 6.18 Å². The van der Waals surface area contributed by atoms with E-state index in [-0.39, 0.29) is 30.1 Å². The number of carbonyl (C=O) groups excluding carboxylic acids is 2. The number of likely N-dealkylation sites (tertiary alicyclic amines) is 1. The van der Waals surface area contributed by atoms with Crippen LogP contribution in [-0.4, -0.2) is 47.9 Å². The van der Waals surface area contributed by atoms with Crippen LogP contribution in [0.5, 0.6) is 5.75 Å². The molecule has 11 heteroatoms. The van der Waals surface area contributed by atoms with Gasteiger partial charge in [0.05, 0.1) is 12.7 Å². The van der Waals surface area contributed by atoms with Gasteiger partial charge in [-0.1, -0.05) is 12.1 Å². The van der Waals surface area contributed by atoms with Gasteiger partial charge < -0.3 is 21.1 Å². The summed E-state index contributed by atoms with van der Waals surface area (Å²) in [5, 5.41) is 0. The summed E-state index contributed by atoms with van der Waals surface area (Å²) in [7, 11) is 1.52. The number of nitrogens with zero attached hydrogens (tertiary/aromatic N) is 3. The molecule has 0 aliphatic carbocycles. The number of guanidine groups is 1. The number of nitrogens with two attached hydrogens (primary N) is 2. The number of hydrogen-bond donors (Lipinski definition) is 2. The number of pyridine rings is 1. The SMILES string of the molecule is COc1cc(C(=O)N2CCC(c3ccc(C(=O)N=C(N)N)cc3C(F)(F)F)CC2)ccc1-c1cccnc1. The molecule has 3 aromatic rings. The van der Waals surface area contributed by atoms with Crippen molar-refractivity contribution < 1.29 is 27.5 Å². The summed E-state index contributed by atoms with van der Waals surface area (Å²) in [6, 6.07) is 12.2. The molecule has 0 saturated carbocycles. The van der Waals surface area contributed by atoms with E-state index in [1.165, 1.54) is 19.2 Å².